The lowest BCUT2D eigenvalue weighted by Crippen LogP contribution is -2.74. The van der Waals surface area contributed by atoms with Crippen LogP contribution < -0.4 is 11.1 Å². The van der Waals surface area contributed by atoms with Crippen LogP contribution in [0.1, 0.15) is 5.69 Å². The highest BCUT2D eigenvalue weighted by Gasteiger charge is 2.57. The summed E-state index contributed by atoms with van der Waals surface area (Å²) in [5.74, 6) is -2.03. The van der Waals surface area contributed by atoms with Crippen molar-refractivity contribution in [1.29, 1.82) is 0 Å². The maximum Gasteiger partial charge on any atom is 0.329 e. The number of nitrogens with one attached hydrogen (secondary N) is 1. The first kappa shape index (κ1) is 28.2. The fourth-order valence-corrected chi connectivity index (χ4v) is 7.11. The molecule has 0 aliphatic carbocycles. The van der Waals surface area contributed by atoms with Crippen LogP contribution in [0.2, 0.25) is 0 Å². The first-order valence-electron chi connectivity index (χ1n) is 10.7. The number of thiazole rings is 1. The number of β-lactam (4-membered cyclic amide) rings is 1. The van der Waals surface area contributed by atoms with Gasteiger partial charge in [0.1, 0.15) is 29.1 Å². The van der Waals surface area contributed by atoms with E-state index in [0.717, 1.165) is 11.3 Å². The van der Waals surface area contributed by atoms with Crippen LogP contribution in [0.25, 0.3) is 0 Å². The maximum atomic E-state index is 13.0. The second-order valence-electron chi connectivity index (χ2n) is 8.31. The third kappa shape index (κ3) is 6.10. The molecule has 0 spiro atoms. The van der Waals surface area contributed by atoms with Gasteiger partial charge in [-0.05, 0) is 10.4 Å². The van der Waals surface area contributed by atoms with Gasteiger partial charge in [0, 0.05) is 30.5 Å². The van der Waals surface area contributed by atoms with Crippen LogP contribution in [0, 0.1) is 5.41 Å². The summed E-state index contributed by atoms with van der Waals surface area (Å²) in [6, 6.07) is -0.953. The Morgan fingerprint density at radius 3 is 2.82 bits per heavy atom. The molecule has 0 aromatic carbocycles. The van der Waals surface area contributed by atoms with Gasteiger partial charge < -0.3 is 35.7 Å². The summed E-state index contributed by atoms with van der Waals surface area (Å²) in [5, 5.41) is 28.8. The highest BCUT2D eigenvalue weighted by Crippen LogP contribution is 2.44. The number of thioether (sulfide) groups is 2. The monoisotopic (exact) mass is 607 g/mol. The quantitative estimate of drug-likeness (QED) is 0.0482. The van der Waals surface area contributed by atoms with E-state index in [1.54, 1.807) is 7.05 Å². The van der Waals surface area contributed by atoms with Gasteiger partial charge in [0.2, 0.25) is 11.1 Å². The van der Waals surface area contributed by atoms with E-state index in [9.17, 15) is 24.1 Å². The number of oxime groups is 1. The number of amides is 2. The Hall–Kier alpha value is -2.77. The minimum Gasteiger partial charge on any atom is -0.481 e. The number of tetrazole rings is 1. The Morgan fingerprint density at radius 2 is 2.21 bits per heavy atom. The summed E-state index contributed by atoms with van der Waals surface area (Å²) in [5.41, 5.74) is 4.12. The first-order chi connectivity index (χ1) is 17.9. The van der Waals surface area contributed by atoms with Gasteiger partial charge in [0.25, 0.3) is 5.91 Å². The van der Waals surface area contributed by atoms with Gasteiger partial charge in [0.05, 0.1) is 6.16 Å². The molecule has 2 aromatic heterocycles. The van der Waals surface area contributed by atoms with Gasteiger partial charge >= 0.3 is 13.6 Å². The van der Waals surface area contributed by atoms with Gasteiger partial charge in [-0.15, -0.1) is 28.2 Å². The van der Waals surface area contributed by atoms with Crippen LogP contribution in [0.15, 0.2) is 15.7 Å². The fraction of sp³-hybridized carbons (Fsp3) is 0.529. The molecule has 6 N–H and O–H groups in total. The molecule has 2 unspecified atom stereocenters. The predicted molar refractivity (Wildman–Crippen MR) is 135 cm³/mol. The number of anilines is 1. The molecule has 21 heteroatoms. The normalized spacial score (nSPS) is 23.5. The van der Waals surface area contributed by atoms with Crippen molar-refractivity contribution in [3.63, 3.8) is 0 Å². The molecule has 0 radical (unpaired) electrons. The van der Waals surface area contributed by atoms with Crippen LogP contribution in [0.3, 0.4) is 0 Å². The van der Waals surface area contributed by atoms with Crippen LogP contribution in [0.5, 0.6) is 0 Å². The summed E-state index contributed by atoms with van der Waals surface area (Å²) in [6.45, 7) is -0.520. The lowest BCUT2D eigenvalue weighted by atomic mass is 9.89. The van der Waals surface area contributed by atoms with E-state index in [4.69, 9.17) is 20.4 Å². The zero-order chi connectivity index (χ0) is 27.7. The van der Waals surface area contributed by atoms with Crippen molar-refractivity contribution in [3.8, 4) is 0 Å². The summed E-state index contributed by atoms with van der Waals surface area (Å²) < 4.78 is 12.4. The number of fused-ring (bicyclic) bond motifs is 1. The number of nitrogen functional groups attached to an aromatic ring is 1. The standard InChI is InChI=1S/C17H22N9O8PS3/c1-25-16(21-23-24-25)38-7-17(14(29)30)5-26-12(28)10(13(26)37-6-17)20-11(27)9(8-4-36-15(18)19-8)22-34-2-3-35(31,32)33/h4,10,13H,2-3,5-7H2,1H3,(H2,18,19)(H,20,27)(H,29,30)(H2,31,32,33)/t10?,13-,17?/m1/s1. The molecule has 206 valence electrons. The fourth-order valence-electron chi connectivity index (χ4n) is 3.53. The van der Waals surface area contributed by atoms with Crippen molar-refractivity contribution in [1.82, 2.24) is 35.4 Å². The molecular formula is C17H22N9O8PS3. The highest BCUT2D eigenvalue weighted by molar-refractivity contribution is 8.00. The SMILES string of the molecule is Cn1nnnc1SCC1(C(=O)O)CS[C@@H]2C(NC(=O)C(=NOCCP(=O)(O)O)c3csc(N)n3)C(=O)N2C1. The average molecular weight is 608 g/mol. The molecule has 3 atom stereocenters. The van der Waals surface area contributed by atoms with E-state index < -0.39 is 55.0 Å². The smallest absolute Gasteiger partial charge is 0.329 e. The molecule has 2 amide bonds. The number of hydrogen-bond donors (Lipinski definition) is 5. The largest absolute Gasteiger partial charge is 0.481 e. The predicted octanol–water partition coefficient (Wildman–Crippen LogP) is -1.59. The van der Waals surface area contributed by atoms with Crippen molar-refractivity contribution < 1.29 is 38.7 Å². The Kier molecular flexibility index (Phi) is 8.29. The lowest BCUT2D eigenvalue weighted by molar-refractivity contribution is -0.157. The van der Waals surface area contributed by atoms with Crippen LogP contribution in [-0.4, -0.2) is 111 Å². The first-order valence-corrected chi connectivity index (χ1v) is 15.4. The molecule has 2 aromatic rings. The third-order valence-corrected chi connectivity index (χ3v) is 9.88. The van der Waals surface area contributed by atoms with E-state index in [1.807, 2.05) is 0 Å². The van der Waals surface area contributed by atoms with Crippen molar-refractivity contribution in [2.45, 2.75) is 16.6 Å². The topological polar surface area (TPSA) is 248 Å². The number of nitrogens with zero attached hydrogens (tertiary/aromatic N) is 7. The summed E-state index contributed by atoms with van der Waals surface area (Å²) in [6.07, 6.45) is -0.615. The van der Waals surface area contributed by atoms with Crippen LogP contribution >= 0.6 is 42.5 Å². The number of aryl methyl sites for hydroxylation is 1. The Labute approximate surface area is 226 Å². The van der Waals surface area contributed by atoms with E-state index >= 15 is 0 Å². The molecule has 0 saturated carbocycles. The summed E-state index contributed by atoms with van der Waals surface area (Å²) in [7, 11) is -2.70. The Morgan fingerprint density at radius 1 is 1.45 bits per heavy atom. The van der Waals surface area contributed by atoms with E-state index in [0.29, 0.717) is 5.16 Å². The number of nitrogens with two attached hydrogens (primary N) is 1. The molecule has 38 heavy (non-hydrogen) atoms. The number of hydrogen-bond acceptors (Lipinski definition) is 14. The third-order valence-electron chi connectivity index (χ3n) is 5.55. The highest BCUT2D eigenvalue weighted by atomic mass is 32.2. The van der Waals surface area contributed by atoms with E-state index in [2.05, 4.69) is 31.0 Å². The zero-order valence-electron chi connectivity index (χ0n) is 19.5. The number of carboxylic acid groups (broad SMARTS) is 1. The van der Waals surface area contributed by atoms with Gasteiger partial charge in [0.15, 0.2) is 10.8 Å². The molecule has 2 aliphatic rings. The number of aromatic nitrogens is 5. The van der Waals surface area contributed by atoms with Crippen molar-refractivity contribution >= 4 is 71.1 Å². The number of carbonyl (C=O) groups excluding carboxylic acids is 2. The van der Waals surface area contributed by atoms with Crippen LogP contribution in [-0.2, 0) is 30.8 Å². The summed E-state index contributed by atoms with van der Waals surface area (Å²) >= 11 is 3.43. The minimum atomic E-state index is -4.34. The van der Waals surface area contributed by atoms with E-state index in [1.165, 1.54) is 38.5 Å². The maximum absolute atomic E-state index is 13.0. The van der Waals surface area contributed by atoms with Gasteiger partial charge in [-0.3, -0.25) is 18.9 Å². The molecule has 2 aliphatic heterocycles. The van der Waals surface area contributed by atoms with Gasteiger partial charge in [-0.25, -0.2) is 9.67 Å². The molecule has 4 rings (SSSR count). The zero-order valence-corrected chi connectivity index (χ0v) is 22.9. The Bertz CT molecular complexity index is 1320. The molecule has 4 heterocycles. The molecule has 0 bridgehead atoms. The van der Waals surface area contributed by atoms with Crippen molar-refractivity contribution in [3.05, 3.63) is 11.1 Å². The number of rotatable bonds is 11. The van der Waals surface area contributed by atoms with Crippen molar-refractivity contribution in [2.75, 3.05) is 36.6 Å². The van der Waals surface area contributed by atoms with E-state index in [-0.39, 0.29) is 34.6 Å². The number of aliphatic carboxylic acids is 1. The average Bonchev–Trinajstić information content (AvgIpc) is 3.47. The molecule has 2 saturated heterocycles. The number of carbonyl (C=O) groups is 3. The lowest BCUT2D eigenvalue weighted by Gasteiger charge is -2.53. The van der Waals surface area contributed by atoms with Gasteiger partial charge in [-0.2, -0.15) is 0 Å². The Balaban J connectivity index is 1.42. The number of carboxylic acids is 1. The van der Waals surface area contributed by atoms with Gasteiger partial charge in [-0.1, -0.05) is 16.9 Å². The second-order valence-corrected chi connectivity index (χ2v) is 13.0. The molecule has 17 nitrogen and oxygen atoms in total. The molecule has 2 fully saturated rings. The molecular weight excluding hydrogens is 585 g/mol. The van der Waals surface area contributed by atoms with Crippen LogP contribution in [0.4, 0.5) is 5.13 Å². The second kappa shape index (κ2) is 11.1. The minimum absolute atomic E-state index is 0.0567. The summed E-state index contributed by atoms with van der Waals surface area (Å²) in [4.78, 5) is 66.4. The van der Waals surface area contributed by atoms with Crippen molar-refractivity contribution in [2.24, 2.45) is 17.6 Å².